The quantitative estimate of drug-likeness (QED) is 0.331. The molecule has 49 heavy (non-hydrogen) atoms. The summed E-state index contributed by atoms with van der Waals surface area (Å²) < 4.78 is 78.8. The van der Waals surface area contributed by atoms with Crippen LogP contribution in [0.2, 0.25) is 0 Å². The SMILES string of the molecule is CC[C@@H]1CN2c3nc(OCC4(CN5CC6(CCCCO6)C5)CC4)nc4c(F)c(-c5cc(N)nc(C)c5C(F)(F)F)nc(c34)O[C@@H](C)[C@@H]2CN1. The molecule has 11 nitrogen and oxygen atoms in total. The van der Waals surface area contributed by atoms with Crippen molar-refractivity contribution in [2.75, 3.05) is 56.6 Å². The van der Waals surface area contributed by atoms with Gasteiger partial charge in [-0.1, -0.05) is 6.92 Å². The number of hydrogen-bond donors (Lipinski definition) is 2. The maximum atomic E-state index is 16.8. The molecule has 1 saturated carbocycles. The van der Waals surface area contributed by atoms with E-state index in [9.17, 15) is 13.2 Å². The Morgan fingerprint density at radius 2 is 1.92 bits per heavy atom. The molecular formula is C34H42F4N8O3. The maximum absolute atomic E-state index is 16.8. The zero-order valence-corrected chi connectivity index (χ0v) is 28.0. The van der Waals surface area contributed by atoms with Crippen molar-refractivity contribution in [3.63, 3.8) is 0 Å². The molecule has 4 aliphatic heterocycles. The van der Waals surface area contributed by atoms with Gasteiger partial charge < -0.3 is 30.2 Å². The highest BCUT2D eigenvalue weighted by molar-refractivity contribution is 5.97. The second-order valence-corrected chi connectivity index (χ2v) is 14.7. The maximum Gasteiger partial charge on any atom is 0.418 e. The van der Waals surface area contributed by atoms with Crippen LogP contribution in [0.25, 0.3) is 22.2 Å². The minimum absolute atomic E-state index is 0.0157. The van der Waals surface area contributed by atoms with Crippen molar-refractivity contribution in [3.8, 4) is 23.1 Å². The second kappa shape index (κ2) is 11.8. The van der Waals surface area contributed by atoms with E-state index in [2.05, 4.69) is 37.0 Å². The van der Waals surface area contributed by atoms with Crippen LogP contribution < -0.4 is 25.4 Å². The fourth-order valence-electron chi connectivity index (χ4n) is 8.16. The lowest BCUT2D eigenvalue weighted by atomic mass is 9.85. The van der Waals surface area contributed by atoms with E-state index in [1.807, 2.05) is 6.92 Å². The van der Waals surface area contributed by atoms with Crippen LogP contribution in [0.4, 0.5) is 29.2 Å². The fraction of sp³-hybridized carbons (Fsp3) is 0.647. The first-order valence-corrected chi connectivity index (χ1v) is 17.3. The van der Waals surface area contributed by atoms with E-state index >= 15 is 4.39 Å². The number of aromatic nitrogens is 4. The van der Waals surface area contributed by atoms with Gasteiger partial charge in [-0.3, -0.25) is 4.90 Å². The van der Waals surface area contributed by atoms with Crippen LogP contribution in [0.5, 0.6) is 11.9 Å². The highest BCUT2D eigenvalue weighted by atomic mass is 19.4. The Balaban J connectivity index is 1.19. The van der Waals surface area contributed by atoms with Crippen molar-refractivity contribution in [1.29, 1.82) is 0 Å². The van der Waals surface area contributed by atoms with Gasteiger partial charge in [-0.15, -0.1) is 0 Å². The predicted octanol–water partition coefficient (Wildman–Crippen LogP) is 4.89. The van der Waals surface area contributed by atoms with Crippen LogP contribution in [0.3, 0.4) is 0 Å². The topological polar surface area (TPSA) is 124 Å². The zero-order chi connectivity index (χ0) is 34.3. The van der Waals surface area contributed by atoms with Gasteiger partial charge in [-0.25, -0.2) is 14.4 Å². The number of nitrogens with one attached hydrogen (secondary N) is 1. The third-order valence-corrected chi connectivity index (χ3v) is 11.0. The van der Waals surface area contributed by atoms with Crippen LogP contribution >= 0.6 is 0 Å². The van der Waals surface area contributed by atoms with Crippen LogP contribution in [-0.4, -0.2) is 94.6 Å². The van der Waals surface area contributed by atoms with E-state index in [1.54, 1.807) is 0 Å². The Labute approximate surface area is 281 Å². The monoisotopic (exact) mass is 686 g/mol. The Kier molecular flexibility index (Phi) is 7.83. The molecule has 3 saturated heterocycles. The van der Waals surface area contributed by atoms with E-state index in [-0.39, 0.29) is 57.4 Å². The molecule has 15 heteroatoms. The first-order valence-electron chi connectivity index (χ1n) is 17.3. The van der Waals surface area contributed by atoms with Gasteiger partial charge in [0.2, 0.25) is 5.88 Å². The molecule has 5 aliphatic rings. The minimum Gasteiger partial charge on any atom is -0.472 e. The number of alkyl halides is 3. The molecule has 7 heterocycles. The number of nitrogens with two attached hydrogens (primary N) is 1. The summed E-state index contributed by atoms with van der Waals surface area (Å²) in [6, 6.07) is 0.881. The van der Waals surface area contributed by atoms with E-state index in [0.717, 1.165) is 64.4 Å². The van der Waals surface area contributed by atoms with Crippen LogP contribution in [-0.2, 0) is 10.9 Å². The number of halogens is 4. The summed E-state index contributed by atoms with van der Waals surface area (Å²) in [6.07, 6.45) is 0.904. The van der Waals surface area contributed by atoms with Gasteiger partial charge >= 0.3 is 12.2 Å². The molecule has 8 rings (SSSR count). The standard InChI is InChI=1S/C34H42F4N8O3/c1-4-20-13-46-22(12-40-20)19(3)49-30-24-28(26(35)27(42-30)21-11-23(39)41-18(2)25(21)34(36,37)38)43-31(44-29(24)46)47-17-32(8-9-32)14-45-15-33(16-45)7-5-6-10-48-33/h11,19-20,22,40H,4-10,12-17H2,1-3H3,(H2,39,41)/t19-,20+,22-/m0/s1. The number of anilines is 2. The number of aryl methyl sites for hydroxylation is 1. The minimum atomic E-state index is -4.85. The Hall–Kier alpha value is -3.56. The molecule has 0 amide bonds. The summed E-state index contributed by atoms with van der Waals surface area (Å²) in [5, 5.41) is 3.74. The Morgan fingerprint density at radius 3 is 2.61 bits per heavy atom. The van der Waals surface area contributed by atoms with Gasteiger partial charge in [-0.2, -0.15) is 23.1 Å². The van der Waals surface area contributed by atoms with Gasteiger partial charge in [0.05, 0.1) is 29.5 Å². The molecule has 3 aromatic heterocycles. The molecule has 1 spiro atoms. The molecule has 0 aromatic carbocycles. The molecule has 0 radical (unpaired) electrons. The van der Waals surface area contributed by atoms with E-state index < -0.39 is 34.9 Å². The summed E-state index contributed by atoms with van der Waals surface area (Å²) in [5.41, 5.74) is 2.97. The molecule has 1 aliphatic carbocycles. The smallest absolute Gasteiger partial charge is 0.418 e. The second-order valence-electron chi connectivity index (χ2n) is 14.7. The van der Waals surface area contributed by atoms with Crippen molar-refractivity contribution in [3.05, 3.63) is 23.1 Å². The van der Waals surface area contributed by atoms with Crippen molar-refractivity contribution >= 4 is 22.5 Å². The molecule has 0 unspecified atom stereocenters. The van der Waals surface area contributed by atoms with Gasteiger partial charge in [-0.05, 0) is 58.4 Å². The van der Waals surface area contributed by atoms with Crippen molar-refractivity contribution < 1.29 is 31.8 Å². The van der Waals surface area contributed by atoms with E-state index in [4.69, 9.17) is 24.9 Å². The third-order valence-electron chi connectivity index (χ3n) is 11.0. The summed E-state index contributed by atoms with van der Waals surface area (Å²) in [4.78, 5) is 22.1. The number of pyridine rings is 2. The number of hydrogen-bond acceptors (Lipinski definition) is 11. The molecule has 3 atom stereocenters. The van der Waals surface area contributed by atoms with Crippen LogP contribution in [0, 0.1) is 18.2 Å². The number of nitrogens with zero attached hydrogens (tertiary/aromatic N) is 6. The summed E-state index contributed by atoms with van der Waals surface area (Å²) in [7, 11) is 0. The van der Waals surface area contributed by atoms with Gasteiger partial charge in [0.1, 0.15) is 34.3 Å². The number of piperazine rings is 1. The largest absolute Gasteiger partial charge is 0.472 e. The van der Waals surface area contributed by atoms with Gasteiger partial charge in [0, 0.05) is 56.4 Å². The molecule has 264 valence electrons. The van der Waals surface area contributed by atoms with E-state index in [1.165, 1.54) is 13.3 Å². The summed E-state index contributed by atoms with van der Waals surface area (Å²) in [6.45, 7) is 10.1. The average Bonchev–Trinajstić information content (AvgIpc) is 3.83. The van der Waals surface area contributed by atoms with Crippen molar-refractivity contribution in [2.24, 2.45) is 5.41 Å². The molecular weight excluding hydrogens is 644 g/mol. The summed E-state index contributed by atoms with van der Waals surface area (Å²) >= 11 is 0. The molecule has 3 aromatic rings. The highest BCUT2D eigenvalue weighted by Gasteiger charge is 2.52. The van der Waals surface area contributed by atoms with Crippen molar-refractivity contribution in [1.82, 2.24) is 30.2 Å². The molecule has 4 fully saturated rings. The average molecular weight is 687 g/mol. The third kappa shape index (κ3) is 5.80. The lowest BCUT2D eigenvalue weighted by molar-refractivity contribution is -0.170. The Bertz CT molecular complexity index is 1770. The highest BCUT2D eigenvalue weighted by Crippen LogP contribution is 2.49. The van der Waals surface area contributed by atoms with E-state index in [0.29, 0.717) is 25.5 Å². The first kappa shape index (κ1) is 32.6. The first-order chi connectivity index (χ1) is 23.4. The number of rotatable bonds is 7. The van der Waals surface area contributed by atoms with Gasteiger partial charge in [0.25, 0.3) is 0 Å². The number of ether oxygens (including phenoxy) is 3. The number of likely N-dealkylation sites (tertiary alicyclic amines) is 1. The summed E-state index contributed by atoms with van der Waals surface area (Å²) in [5.74, 6) is -0.882. The van der Waals surface area contributed by atoms with Crippen LogP contribution in [0.15, 0.2) is 6.07 Å². The Morgan fingerprint density at radius 1 is 1.12 bits per heavy atom. The fourth-order valence-corrected chi connectivity index (χ4v) is 8.16. The zero-order valence-electron chi connectivity index (χ0n) is 28.0. The van der Waals surface area contributed by atoms with Crippen molar-refractivity contribution in [2.45, 2.75) is 89.3 Å². The normalized spacial score (nSPS) is 25.8. The van der Waals surface area contributed by atoms with Gasteiger partial charge in [0.15, 0.2) is 5.82 Å². The lowest BCUT2D eigenvalue weighted by Crippen LogP contribution is -2.65. The lowest BCUT2D eigenvalue weighted by Gasteiger charge is -2.52. The van der Waals surface area contributed by atoms with Crippen LogP contribution in [0.1, 0.15) is 63.6 Å². The molecule has 3 N–H and O–H groups in total. The predicted molar refractivity (Wildman–Crippen MR) is 174 cm³/mol. The molecule has 0 bridgehead atoms. The number of fused-ring (bicyclic) bond motifs is 2. The number of nitrogen functional groups attached to an aromatic ring is 1.